The quantitative estimate of drug-likeness (QED) is 0.762. The first-order valence-electron chi connectivity index (χ1n) is 5.22. The topological polar surface area (TPSA) is 54.9 Å². The van der Waals surface area contributed by atoms with Gasteiger partial charge in [0.2, 0.25) is 0 Å². The first kappa shape index (κ1) is 14.4. The number of anilines is 1. The van der Waals surface area contributed by atoms with E-state index in [4.69, 9.17) is 11.6 Å². The van der Waals surface area contributed by atoms with E-state index in [-0.39, 0.29) is 11.1 Å². The zero-order valence-electron chi connectivity index (χ0n) is 9.75. The maximum absolute atomic E-state index is 12.1. The van der Waals surface area contributed by atoms with E-state index in [1.165, 1.54) is 6.20 Å². The SMILES string of the molecule is Cc1cc(NC(=O)c2cc(Br)cnc2Cl)cnc1Br. The van der Waals surface area contributed by atoms with Gasteiger partial charge in [-0.15, -0.1) is 0 Å². The lowest BCUT2D eigenvalue weighted by Crippen LogP contribution is -2.13. The normalized spacial score (nSPS) is 10.3. The summed E-state index contributed by atoms with van der Waals surface area (Å²) in [7, 11) is 0. The van der Waals surface area contributed by atoms with Crippen molar-refractivity contribution in [3.63, 3.8) is 0 Å². The Balaban J connectivity index is 2.25. The summed E-state index contributed by atoms with van der Waals surface area (Å²) in [6.45, 7) is 1.89. The van der Waals surface area contributed by atoms with Crippen LogP contribution in [0.25, 0.3) is 0 Å². The number of carbonyl (C=O) groups is 1. The summed E-state index contributed by atoms with van der Waals surface area (Å²) in [6, 6.07) is 3.43. The molecule has 98 valence electrons. The molecule has 2 heterocycles. The molecule has 1 N–H and O–H groups in total. The zero-order chi connectivity index (χ0) is 14.0. The van der Waals surface area contributed by atoms with Gasteiger partial charge in [-0.05, 0) is 56.5 Å². The van der Waals surface area contributed by atoms with Crippen LogP contribution in [-0.4, -0.2) is 15.9 Å². The number of hydrogen-bond acceptors (Lipinski definition) is 3. The number of hydrogen-bond donors (Lipinski definition) is 1. The molecule has 2 aromatic heterocycles. The van der Waals surface area contributed by atoms with Crippen molar-refractivity contribution in [2.75, 3.05) is 5.32 Å². The molecule has 0 aliphatic carbocycles. The molecular formula is C12H8Br2ClN3O. The third-order valence-electron chi connectivity index (χ3n) is 2.32. The lowest BCUT2D eigenvalue weighted by Gasteiger charge is -2.07. The van der Waals surface area contributed by atoms with E-state index in [0.717, 1.165) is 10.2 Å². The van der Waals surface area contributed by atoms with Crippen LogP contribution in [0.3, 0.4) is 0 Å². The van der Waals surface area contributed by atoms with E-state index >= 15 is 0 Å². The molecule has 0 fully saturated rings. The van der Waals surface area contributed by atoms with E-state index in [9.17, 15) is 4.79 Å². The van der Waals surface area contributed by atoms with Gasteiger partial charge in [0.25, 0.3) is 5.91 Å². The van der Waals surface area contributed by atoms with E-state index < -0.39 is 0 Å². The number of nitrogens with one attached hydrogen (secondary N) is 1. The molecule has 0 aliphatic rings. The Labute approximate surface area is 131 Å². The van der Waals surface area contributed by atoms with Crippen molar-refractivity contribution >= 4 is 55.1 Å². The molecular weight excluding hydrogens is 397 g/mol. The van der Waals surface area contributed by atoms with Gasteiger partial charge in [-0.2, -0.15) is 0 Å². The third-order valence-corrected chi connectivity index (χ3v) is 3.89. The number of rotatable bonds is 2. The minimum Gasteiger partial charge on any atom is -0.320 e. The van der Waals surface area contributed by atoms with Crippen molar-refractivity contribution in [2.45, 2.75) is 6.92 Å². The number of pyridine rings is 2. The fourth-order valence-corrected chi connectivity index (χ4v) is 2.14. The highest BCUT2D eigenvalue weighted by Gasteiger charge is 2.13. The van der Waals surface area contributed by atoms with Crippen LogP contribution in [0.2, 0.25) is 5.15 Å². The molecule has 0 bridgehead atoms. The standard InChI is InChI=1S/C12H8Br2ClN3O/c1-6-2-8(5-16-10(6)14)18-12(19)9-3-7(13)4-17-11(9)15/h2-5H,1H3,(H,18,19). The fraction of sp³-hybridized carbons (Fsp3) is 0.0833. The minimum absolute atomic E-state index is 0.155. The van der Waals surface area contributed by atoms with Crippen LogP contribution < -0.4 is 5.32 Å². The molecule has 0 saturated carbocycles. The number of halogens is 3. The number of aryl methyl sites for hydroxylation is 1. The van der Waals surface area contributed by atoms with Crippen molar-refractivity contribution in [1.82, 2.24) is 9.97 Å². The summed E-state index contributed by atoms with van der Waals surface area (Å²) in [6.07, 6.45) is 3.10. The zero-order valence-corrected chi connectivity index (χ0v) is 13.7. The molecule has 4 nitrogen and oxygen atoms in total. The summed E-state index contributed by atoms with van der Waals surface area (Å²) in [5, 5.41) is 2.88. The number of amides is 1. The van der Waals surface area contributed by atoms with E-state index in [2.05, 4.69) is 47.1 Å². The molecule has 1 amide bonds. The van der Waals surface area contributed by atoms with Gasteiger partial charge in [0, 0.05) is 10.7 Å². The maximum Gasteiger partial charge on any atom is 0.258 e. The van der Waals surface area contributed by atoms with Gasteiger partial charge < -0.3 is 5.32 Å². The maximum atomic E-state index is 12.1. The molecule has 7 heteroatoms. The van der Waals surface area contributed by atoms with Gasteiger partial charge in [-0.1, -0.05) is 11.6 Å². The second-order valence-corrected chi connectivity index (χ2v) is 5.80. The second kappa shape index (κ2) is 5.98. The summed E-state index contributed by atoms with van der Waals surface area (Å²) in [5.41, 5.74) is 1.83. The van der Waals surface area contributed by atoms with Gasteiger partial charge in [0.15, 0.2) is 0 Å². The molecule has 0 unspecified atom stereocenters. The Hall–Kier alpha value is -0.980. The highest BCUT2D eigenvalue weighted by molar-refractivity contribution is 9.10. The van der Waals surface area contributed by atoms with Gasteiger partial charge >= 0.3 is 0 Å². The highest BCUT2D eigenvalue weighted by Crippen LogP contribution is 2.21. The molecule has 2 rings (SSSR count). The summed E-state index contributed by atoms with van der Waals surface area (Å²) >= 11 is 12.4. The molecule has 19 heavy (non-hydrogen) atoms. The van der Waals surface area contributed by atoms with Gasteiger partial charge in [0.05, 0.1) is 17.4 Å². The average Bonchev–Trinajstić information content (AvgIpc) is 2.36. The monoisotopic (exact) mass is 403 g/mol. The second-order valence-electron chi connectivity index (χ2n) is 3.78. The Morgan fingerprint density at radius 3 is 2.68 bits per heavy atom. The lowest BCUT2D eigenvalue weighted by molar-refractivity contribution is 0.102. The van der Waals surface area contributed by atoms with E-state index in [0.29, 0.717) is 15.7 Å². The largest absolute Gasteiger partial charge is 0.320 e. The van der Waals surface area contributed by atoms with Crippen LogP contribution in [0.5, 0.6) is 0 Å². The van der Waals surface area contributed by atoms with Crippen LogP contribution in [0.1, 0.15) is 15.9 Å². The average molecular weight is 405 g/mol. The number of aromatic nitrogens is 2. The summed E-state index contributed by atoms with van der Waals surface area (Å²) in [5.74, 6) is -0.331. The molecule has 2 aromatic rings. The Bertz CT molecular complexity index is 649. The molecule has 0 aromatic carbocycles. The fourth-order valence-electron chi connectivity index (χ4n) is 1.41. The predicted molar refractivity (Wildman–Crippen MR) is 81.6 cm³/mol. The minimum atomic E-state index is -0.331. The van der Waals surface area contributed by atoms with Crippen LogP contribution in [0.4, 0.5) is 5.69 Å². The Morgan fingerprint density at radius 2 is 2.00 bits per heavy atom. The molecule has 0 saturated heterocycles. The molecule has 0 spiro atoms. The number of nitrogens with zero attached hydrogens (tertiary/aromatic N) is 2. The van der Waals surface area contributed by atoms with Crippen LogP contribution in [-0.2, 0) is 0 Å². The lowest BCUT2D eigenvalue weighted by atomic mass is 10.2. The first-order chi connectivity index (χ1) is 8.97. The molecule has 0 aliphatic heterocycles. The van der Waals surface area contributed by atoms with Crippen molar-refractivity contribution in [1.29, 1.82) is 0 Å². The van der Waals surface area contributed by atoms with Crippen LogP contribution in [0.15, 0.2) is 33.6 Å². The van der Waals surface area contributed by atoms with E-state index in [1.54, 1.807) is 12.3 Å². The summed E-state index contributed by atoms with van der Waals surface area (Å²) < 4.78 is 1.43. The highest BCUT2D eigenvalue weighted by atomic mass is 79.9. The van der Waals surface area contributed by atoms with Gasteiger partial charge in [0.1, 0.15) is 9.76 Å². The number of carbonyl (C=O) groups excluding carboxylic acids is 1. The predicted octanol–water partition coefficient (Wildman–Crippen LogP) is 4.22. The summed E-state index contributed by atoms with van der Waals surface area (Å²) in [4.78, 5) is 20.1. The Kier molecular flexibility index (Phi) is 4.54. The van der Waals surface area contributed by atoms with Gasteiger partial charge in [-0.3, -0.25) is 4.79 Å². The first-order valence-corrected chi connectivity index (χ1v) is 7.18. The van der Waals surface area contributed by atoms with Crippen molar-refractivity contribution in [3.8, 4) is 0 Å². The van der Waals surface area contributed by atoms with Crippen LogP contribution in [0, 0.1) is 6.92 Å². The molecule has 0 atom stereocenters. The molecule has 0 radical (unpaired) electrons. The van der Waals surface area contributed by atoms with Crippen molar-refractivity contribution in [2.24, 2.45) is 0 Å². The van der Waals surface area contributed by atoms with Crippen molar-refractivity contribution < 1.29 is 4.79 Å². The van der Waals surface area contributed by atoms with Gasteiger partial charge in [-0.25, -0.2) is 9.97 Å². The smallest absolute Gasteiger partial charge is 0.258 e. The van der Waals surface area contributed by atoms with Crippen LogP contribution >= 0.6 is 43.5 Å². The Morgan fingerprint density at radius 1 is 1.26 bits per heavy atom. The van der Waals surface area contributed by atoms with Crippen molar-refractivity contribution in [3.05, 3.63) is 49.9 Å². The van der Waals surface area contributed by atoms with E-state index in [1.807, 2.05) is 13.0 Å². The third kappa shape index (κ3) is 3.52.